The van der Waals surface area contributed by atoms with Crippen molar-refractivity contribution in [1.29, 1.82) is 0 Å². The second kappa shape index (κ2) is 11.6. The first kappa shape index (κ1) is 26.2. The average Bonchev–Trinajstić information content (AvgIpc) is 3.04. The van der Waals surface area contributed by atoms with Crippen molar-refractivity contribution < 1.29 is 9.18 Å². The molecule has 0 radical (unpaired) electrons. The molecular formula is C36H24FNO2S. The van der Waals surface area contributed by atoms with Gasteiger partial charge in [0.05, 0.1) is 16.2 Å². The Morgan fingerprint density at radius 3 is 1.71 bits per heavy atom. The third-order valence-electron chi connectivity index (χ3n) is 6.76. The number of aromatic nitrogens is 1. The molecule has 6 rings (SSSR count). The van der Waals surface area contributed by atoms with Crippen LogP contribution in [0, 0.1) is 5.82 Å². The lowest BCUT2D eigenvalue weighted by atomic mass is 9.90. The number of hydrogen-bond acceptors (Lipinski definition) is 3. The molecule has 41 heavy (non-hydrogen) atoms. The molecule has 0 aliphatic rings. The van der Waals surface area contributed by atoms with Gasteiger partial charge in [-0.1, -0.05) is 121 Å². The molecule has 5 aromatic carbocycles. The van der Waals surface area contributed by atoms with Crippen LogP contribution in [0.1, 0.15) is 15.9 Å². The fraction of sp³-hybridized carbons (Fsp3) is 0. The van der Waals surface area contributed by atoms with E-state index in [1.54, 1.807) is 28.8 Å². The summed E-state index contributed by atoms with van der Waals surface area (Å²) in [5.74, 6) is -0.562. The molecule has 0 fully saturated rings. The zero-order valence-corrected chi connectivity index (χ0v) is 22.7. The molecule has 0 saturated heterocycles. The van der Waals surface area contributed by atoms with Crippen LogP contribution in [0.3, 0.4) is 0 Å². The monoisotopic (exact) mass is 553 g/mol. The molecule has 0 saturated carbocycles. The van der Waals surface area contributed by atoms with E-state index in [0.717, 1.165) is 11.1 Å². The number of ketones is 1. The van der Waals surface area contributed by atoms with E-state index in [1.165, 1.54) is 23.9 Å². The van der Waals surface area contributed by atoms with Crippen molar-refractivity contribution in [3.05, 3.63) is 173 Å². The van der Waals surface area contributed by atoms with Gasteiger partial charge in [0.15, 0.2) is 5.78 Å². The topological polar surface area (TPSA) is 39.1 Å². The van der Waals surface area contributed by atoms with Crippen LogP contribution in [0.25, 0.3) is 28.1 Å². The highest BCUT2D eigenvalue weighted by Crippen LogP contribution is 2.41. The number of hydrogen-bond donors (Lipinski definition) is 0. The zero-order chi connectivity index (χ0) is 28.2. The minimum atomic E-state index is -0.362. The number of carbonyl (C=O) groups excluding carboxylic acids is 1. The number of rotatable bonds is 7. The van der Waals surface area contributed by atoms with Gasteiger partial charge in [0.1, 0.15) is 5.82 Å². The molecule has 0 atom stereocenters. The van der Waals surface area contributed by atoms with Gasteiger partial charge in [0, 0.05) is 21.7 Å². The Kier molecular flexibility index (Phi) is 7.44. The highest BCUT2D eigenvalue weighted by Gasteiger charge is 2.29. The summed E-state index contributed by atoms with van der Waals surface area (Å²) in [4.78, 5) is 30.4. The van der Waals surface area contributed by atoms with Crippen molar-refractivity contribution in [3.8, 4) is 28.1 Å². The summed E-state index contributed by atoms with van der Waals surface area (Å²) < 4.78 is 15.4. The van der Waals surface area contributed by atoms with Crippen molar-refractivity contribution in [3.63, 3.8) is 0 Å². The molecule has 0 unspecified atom stereocenters. The molecule has 0 amide bonds. The van der Waals surface area contributed by atoms with E-state index in [2.05, 4.69) is 0 Å². The van der Waals surface area contributed by atoms with Gasteiger partial charge < -0.3 is 0 Å². The van der Waals surface area contributed by atoms with E-state index in [9.17, 15) is 14.0 Å². The summed E-state index contributed by atoms with van der Waals surface area (Å²) in [5.41, 5.74) is 3.84. The van der Waals surface area contributed by atoms with Crippen LogP contribution in [-0.2, 0) is 0 Å². The maximum atomic E-state index is 14.7. The van der Waals surface area contributed by atoms with E-state index < -0.39 is 0 Å². The van der Waals surface area contributed by atoms with E-state index in [1.807, 2.05) is 109 Å². The average molecular weight is 554 g/mol. The molecule has 198 valence electrons. The van der Waals surface area contributed by atoms with Crippen molar-refractivity contribution in [1.82, 2.24) is 4.57 Å². The summed E-state index contributed by atoms with van der Waals surface area (Å²) >= 11 is 1.23. The summed E-state index contributed by atoms with van der Waals surface area (Å²) in [6.45, 7) is 0. The van der Waals surface area contributed by atoms with Gasteiger partial charge in [-0.2, -0.15) is 0 Å². The van der Waals surface area contributed by atoms with Crippen LogP contribution in [0.2, 0.25) is 0 Å². The molecule has 1 heterocycles. The van der Waals surface area contributed by atoms with Gasteiger partial charge in [0.25, 0.3) is 5.56 Å². The molecule has 0 aliphatic carbocycles. The number of benzene rings is 5. The van der Waals surface area contributed by atoms with E-state index >= 15 is 0 Å². The predicted molar refractivity (Wildman–Crippen MR) is 163 cm³/mol. The molecule has 5 heteroatoms. The first-order chi connectivity index (χ1) is 20.1. The minimum absolute atomic E-state index is 0.200. The normalized spacial score (nSPS) is 10.9. The summed E-state index contributed by atoms with van der Waals surface area (Å²) in [5, 5.41) is 0. The molecule has 0 bridgehead atoms. The van der Waals surface area contributed by atoms with Gasteiger partial charge >= 0.3 is 0 Å². The number of para-hydroxylation sites is 1. The van der Waals surface area contributed by atoms with Gasteiger partial charge in [-0.15, -0.1) is 0 Å². The van der Waals surface area contributed by atoms with Crippen LogP contribution >= 0.6 is 11.8 Å². The molecular weight excluding hydrogens is 529 g/mol. The maximum absolute atomic E-state index is 14.7. The Hall–Kier alpha value is -5.00. The Bertz CT molecular complexity index is 1870. The Morgan fingerprint density at radius 1 is 0.610 bits per heavy atom. The summed E-state index contributed by atoms with van der Waals surface area (Å²) in [6, 6.07) is 43.5. The predicted octanol–water partition coefficient (Wildman–Crippen LogP) is 8.69. The van der Waals surface area contributed by atoms with Crippen molar-refractivity contribution in [2.24, 2.45) is 0 Å². The lowest BCUT2D eigenvalue weighted by molar-refractivity contribution is 0.103. The smallest absolute Gasteiger partial charge is 0.270 e. The van der Waals surface area contributed by atoms with Gasteiger partial charge in [-0.25, -0.2) is 4.39 Å². The van der Waals surface area contributed by atoms with Crippen molar-refractivity contribution >= 4 is 17.5 Å². The van der Waals surface area contributed by atoms with Crippen LogP contribution in [0.15, 0.2) is 160 Å². The van der Waals surface area contributed by atoms with Gasteiger partial charge in [0.2, 0.25) is 0 Å². The van der Waals surface area contributed by atoms with Crippen molar-refractivity contribution in [2.45, 2.75) is 9.79 Å². The van der Waals surface area contributed by atoms with Gasteiger partial charge in [-0.05, 0) is 47.5 Å². The number of pyridine rings is 1. The highest BCUT2D eigenvalue weighted by atomic mass is 32.2. The molecule has 0 aliphatic heterocycles. The maximum Gasteiger partial charge on any atom is 0.270 e. The second-order valence-corrected chi connectivity index (χ2v) is 10.5. The van der Waals surface area contributed by atoms with E-state index in [0.29, 0.717) is 37.9 Å². The quantitative estimate of drug-likeness (QED) is 0.186. The third kappa shape index (κ3) is 5.28. The molecule has 1 aromatic heterocycles. The Labute approximate surface area is 241 Å². The van der Waals surface area contributed by atoms with E-state index in [-0.39, 0.29) is 17.2 Å². The third-order valence-corrected chi connectivity index (χ3v) is 7.85. The van der Waals surface area contributed by atoms with Crippen LogP contribution < -0.4 is 5.56 Å². The fourth-order valence-electron chi connectivity index (χ4n) is 4.90. The first-order valence-corrected chi connectivity index (χ1v) is 14.0. The largest absolute Gasteiger partial charge is 0.289 e. The zero-order valence-electron chi connectivity index (χ0n) is 21.9. The van der Waals surface area contributed by atoms with Crippen LogP contribution in [0.4, 0.5) is 4.39 Å². The van der Waals surface area contributed by atoms with Crippen LogP contribution in [0.5, 0.6) is 0 Å². The highest BCUT2D eigenvalue weighted by molar-refractivity contribution is 7.99. The summed E-state index contributed by atoms with van der Waals surface area (Å²) in [6.07, 6.45) is 0. The number of halogens is 1. The molecule has 0 spiro atoms. The number of nitrogens with zero attached hydrogens (tertiary/aromatic N) is 1. The van der Waals surface area contributed by atoms with Crippen molar-refractivity contribution in [2.75, 3.05) is 0 Å². The second-order valence-electron chi connectivity index (χ2n) is 9.39. The van der Waals surface area contributed by atoms with E-state index in [4.69, 9.17) is 0 Å². The fourth-order valence-corrected chi connectivity index (χ4v) is 5.91. The SMILES string of the molecule is O=C(c1ccccc1)c1c(-c2ccccc2)c(Sc2ccc(F)cc2)c(=O)n(-c2ccccc2)c1-c1ccccc1. The van der Waals surface area contributed by atoms with Crippen LogP contribution in [-0.4, -0.2) is 10.4 Å². The Balaban J connectivity index is 1.80. The first-order valence-electron chi connectivity index (χ1n) is 13.1. The lowest BCUT2D eigenvalue weighted by Gasteiger charge is -2.23. The molecule has 6 aromatic rings. The number of carbonyl (C=O) groups is 1. The standard InChI is InChI=1S/C36H24FNO2S/c37-28-21-23-30(24-22-28)41-35-31(25-13-5-1-6-14-25)32(34(39)27-17-9-3-10-18-27)33(26-15-7-2-8-16-26)38(36(35)40)29-19-11-4-12-20-29/h1-24H. The Morgan fingerprint density at radius 2 is 1.12 bits per heavy atom. The minimum Gasteiger partial charge on any atom is -0.289 e. The lowest BCUT2D eigenvalue weighted by Crippen LogP contribution is -2.26. The summed E-state index contributed by atoms with van der Waals surface area (Å²) in [7, 11) is 0. The molecule has 3 nitrogen and oxygen atoms in total. The molecule has 0 N–H and O–H groups in total. The van der Waals surface area contributed by atoms with Gasteiger partial charge in [-0.3, -0.25) is 14.2 Å².